The molecule has 0 saturated heterocycles. The molecule has 0 fully saturated rings. The highest BCUT2D eigenvalue weighted by molar-refractivity contribution is 7.99. The van der Waals surface area contributed by atoms with Crippen LogP contribution in [0.15, 0.2) is 29.4 Å². The molecule has 10 heteroatoms. The summed E-state index contributed by atoms with van der Waals surface area (Å²) in [6, 6.07) is 8.09. The summed E-state index contributed by atoms with van der Waals surface area (Å²) in [5.74, 6) is -0.458. The minimum absolute atomic E-state index is 0.117. The van der Waals surface area contributed by atoms with Crippen LogP contribution in [0, 0.1) is 0 Å². The highest BCUT2D eigenvalue weighted by Crippen LogP contribution is 2.38. The van der Waals surface area contributed by atoms with E-state index in [1.807, 2.05) is 18.2 Å². The first-order valence-corrected chi connectivity index (χ1v) is 13.8. The highest BCUT2D eigenvalue weighted by atomic mass is 32.2. The summed E-state index contributed by atoms with van der Waals surface area (Å²) in [5.41, 5.74) is 4.18. The van der Waals surface area contributed by atoms with Crippen molar-refractivity contribution < 1.29 is 14.3 Å². The first-order chi connectivity index (χ1) is 17.1. The molecule has 3 heterocycles. The van der Waals surface area contributed by atoms with Crippen LogP contribution >= 0.6 is 23.1 Å². The standard InChI is InChI=1S/C25H27N5O3S2/c1-3-13-30-17-11-7-5-9-15(17)21-22(30)27-25(29-28-21)34-14-19(31)26-23-20(24(32)33-4-2)16-10-6-8-12-18(16)35-23/h5,7,9,11H,3-4,6,8,10,12-14H2,1-2H3,(H,26,31). The molecule has 1 aliphatic rings. The van der Waals surface area contributed by atoms with E-state index in [0.29, 0.717) is 22.3 Å². The maximum Gasteiger partial charge on any atom is 0.341 e. The third-order valence-corrected chi connectivity index (χ3v) is 8.08. The van der Waals surface area contributed by atoms with Gasteiger partial charge in [0.15, 0.2) is 5.65 Å². The molecule has 182 valence electrons. The minimum atomic E-state index is -0.364. The zero-order valence-corrected chi connectivity index (χ0v) is 21.4. The summed E-state index contributed by atoms with van der Waals surface area (Å²) in [5, 5.41) is 13.7. The number of ether oxygens (including phenoxy) is 1. The van der Waals surface area contributed by atoms with E-state index in [2.05, 4.69) is 33.1 Å². The molecular weight excluding hydrogens is 482 g/mol. The Bertz CT molecular complexity index is 1410. The van der Waals surface area contributed by atoms with Crippen LogP contribution in [-0.4, -0.2) is 44.0 Å². The van der Waals surface area contributed by atoms with E-state index in [9.17, 15) is 9.59 Å². The number of para-hydroxylation sites is 1. The van der Waals surface area contributed by atoms with Gasteiger partial charge in [-0.2, -0.15) is 0 Å². The van der Waals surface area contributed by atoms with Crippen LogP contribution in [0.25, 0.3) is 22.1 Å². The molecule has 0 bridgehead atoms. The second-order valence-corrected chi connectivity index (χ2v) is 10.5. The Morgan fingerprint density at radius 2 is 2.00 bits per heavy atom. The fourth-order valence-corrected chi connectivity index (χ4v) is 6.44. The van der Waals surface area contributed by atoms with Gasteiger partial charge >= 0.3 is 5.97 Å². The summed E-state index contributed by atoms with van der Waals surface area (Å²) in [6.07, 6.45) is 4.88. The van der Waals surface area contributed by atoms with Gasteiger partial charge in [0.05, 0.1) is 23.4 Å². The number of nitrogens with zero attached hydrogens (tertiary/aromatic N) is 4. The van der Waals surface area contributed by atoms with Gasteiger partial charge in [-0.15, -0.1) is 21.5 Å². The summed E-state index contributed by atoms with van der Waals surface area (Å²) in [6.45, 7) is 5.04. The van der Waals surface area contributed by atoms with Gasteiger partial charge in [-0.3, -0.25) is 4.79 Å². The van der Waals surface area contributed by atoms with E-state index in [-0.39, 0.29) is 17.6 Å². The molecule has 0 aliphatic heterocycles. The third kappa shape index (κ3) is 4.64. The molecule has 1 amide bonds. The van der Waals surface area contributed by atoms with Crippen molar-refractivity contribution >= 4 is 62.0 Å². The molecule has 4 aromatic rings. The quantitative estimate of drug-likeness (QED) is 0.256. The highest BCUT2D eigenvalue weighted by Gasteiger charge is 2.27. The van der Waals surface area contributed by atoms with E-state index in [1.165, 1.54) is 28.0 Å². The van der Waals surface area contributed by atoms with Gasteiger partial charge in [-0.25, -0.2) is 9.78 Å². The van der Waals surface area contributed by atoms with Gasteiger partial charge < -0.3 is 14.6 Å². The van der Waals surface area contributed by atoms with Gasteiger partial charge in [-0.1, -0.05) is 36.9 Å². The molecule has 0 radical (unpaired) electrons. The van der Waals surface area contributed by atoms with Gasteiger partial charge in [0, 0.05) is 16.8 Å². The molecule has 0 spiro atoms. The topological polar surface area (TPSA) is 99.0 Å². The first kappa shape index (κ1) is 23.7. The number of anilines is 1. The molecule has 5 rings (SSSR count). The molecule has 8 nitrogen and oxygen atoms in total. The van der Waals surface area contributed by atoms with Crippen molar-refractivity contribution in [1.82, 2.24) is 19.7 Å². The lowest BCUT2D eigenvalue weighted by atomic mass is 9.95. The van der Waals surface area contributed by atoms with Crippen LogP contribution in [0.4, 0.5) is 5.00 Å². The number of amides is 1. The molecule has 0 saturated carbocycles. The zero-order chi connectivity index (χ0) is 24.4. The lowest BCUT2D eigenvalue weighted by molar-refractivity contribution is -0.113. The summed E-state index contributed by atoms with van der Waals surface area (Å²) in [4.78, 5) is 31.4. The molecular formula is C25H27N5O3S2. The Balaban J connectivity index is 1.35. The number of carbonyl (C=O) groups excluding carboxylic acids is 2. The largest absolute Gasteiger partial charge is 0.462 e. The number of hydrogen-bond donors (Lipinski definition) is 1. The fraction of sp³-hybridized carbons (Fsp3) is 0.400. The smallest absolute Gasteiger partial charge is 0.341 e. The van der Waals surface area contributed by atoms with Crippen molar-refractivity contribution in [2.45, 2.75) is 57.7 Å². The summed E-state index contributed by atoms with van der Waals surface area (Å²) < 4.78 is 7.44. The van der Waals surface area contributed by atoms with Crippen molar-refractivity contribution in [3.8, 4) is 0 Å². The van der Waals surface area contributed by atoms with Crippen molar-refractivity contribution in [3.05, 3.63) is 40.3 Å². The molecule has 1 aromatic carbocycles. The molecule has 1 N–H and O–H groups in total. The number of benzene rings is 1. The number of rotatable bonds is 8. The van der Waals surface area contributed by atoms with Crippen LogP contribution < -0.4 is 5.32 Å². The predicted molar refractivity (Wildman–Crippen MR) is 139 cm³/mol. The second-order valence-electron chi connectivity index (χ2n) is 8.41. The lowest BCUT2D eigenvalue weighted by Crippen LogP contribution is -2.17. The number of fused-ring (bicyclic) bond motifs is 4. The average Bonchev–Trinajstić information content (AvgIpc) is 3.38. The van der Waals surface area contributed by atoms with E-state index in [4.69, 9.17) is 9.72 Å². The molecule has 0 atom stereocenters. The fourth-order valence-electron chi connectivity index (χ4n) is 4.57. The van der Waals surface area contributed by atoms with Crippen molar-refractivity contribution in [2.75, 3.05) is 17.7 Å². The van der Waals surface area contributed by atoms with E-state index in [1.54, 1.807) is 6.92 Å². The Kier molecular flexibility index (Phi) is 7.01. The van der Waals surface area contributed by atoms with Crippen molar-refractivity contribution in [1.29, 1.82) is 0 Å². The van der Waals surface area contributed by atoms with Crippen LogP contribution in [0.5, 0.6) is 0 Å². The number of esters is 1. The van der Waals surface area contributed by atoms with Gasteiger partial charge in [0.1, 0.15) is 10.5 Å². The summed E-state index contributed by atoms with van der Waals surface area (Å²) >= 11 is 2.73. The average molecular weight is 510 g/mol. The Morgan fingerprint density at radius 3 is 2.83 bits per heavy atom. The zero-order valence-electron chi connectivity index (χ0n) is 19.8. The lowest BCUT2D eigenvalue weighted by Gasteiger charge is -2.12. The SMILES string of the molecule is CCCn1c2ccccc2c2nnc(SCC(=O)Nc3sc4c(c3C(=O)OCC)CCCC4)nc21. The number of aryl methyl sites for hydroxylation is 2. The summed E-state index contributed by atoms with van der Waals surface area (Å²) in [7, 11) is 0. The van der Waals surface area contributed by atoms with Gasteiger partial charge in [0.2, 0.25) is 11.1 Å². The number of hydrogen-bond acceptors (Lipinski definition) is 8. The van der Waals surface area contributed by atoms with Crippen LogP contribution in [0.3, 0.4) is 0 Å². The number of carbonyl (C=O) groups is 2. The monoisotopic (exact) mass is 509 g/mol. The molecule has 0 unspecified atom stereocenters. The van der Waals surface area contributed by atoms with E-state index in [0.717, 1.165) is 66.3 Å². The maximum atomic E-state index is 12.8. The predicted octanol–water partition coefficient (Wildman–Crippen LogP) is 5.24. The number of aromatic nitrogens is 4. The Morgan fingerprint density at radius 1 is 1.17 bits per heavy atom. The third-order valence-electron chi connectivity index (χ3n) is 6.04. The number of thiophene rings is 1. The van der Waals surface area contributed by atoms with Crippen LogP contribution in [0.1, 0.15) is 53.9 Å². The molecule has 3 aromatic heterocycles. The van der Waals surface area contributed by atoms with E-state index >= 15 is 0 Å². The van der Waals surface area contributed by atoms with E-state index < -0.39 is 0 Å². The minimum Gasteiger partial charge on any atom is -0.462 e. The Labute approximate surface area is 211 Å². The van der Waals surface area contributed by atoms with Crippen molar-refractivity contribution in [3.63, 3.8) is 0 Å². The van der Waals surface area contributed by atoms with Gasteiger partial charge in [0.25, 0.3) is 0 Å². The van der Waals surface area contributed by atoms with Crippen LogP contribution in [-0.2, 0) is 28.9 Å². The number of nitrogens with one attached hydrogen (secondary N) is 1. The second kappa shape index (κ2) is 10.3. The van der Waals surface area contributed by atoms with Crippen LogP contribution in [0.2, 0.25) is 0 Å². The Hall–Kier alpha value is -2.98. The molecule has 1 aliphatic carbocycles. The van der Waals surface area contributed by atoms with Gasteiger partial charge in [-0.05, 0) is 50.7 Å². The molecule has 35 heavy (non-hydrogen) atoms. The number of thioether (sulfide) groups is 1. The van der Waals surface area contributed by atoms with Crippen molar-refractivity contribution in [2.24, 2.45) is 0 Å². The first-order valence-electron chi connectivity index (χ1n) is 12.0. The normalized spacial score (nSPS) is 13.2. The maximum absolute atomic E-state index is 12.8.